The predicted octanol–water partition coefficient (Wildman–Crippen LogP) is 7.76. The van der Waals surface area contributed by atoms with Crippen LogP contribution in [0.1, 0.15) is 49.8 Å². The summed E-state index contributed by atoms with van der Waals surface area (Å²) in [6, 6.07) is 6.80. The monoisotopic (exact) mass is 478 g/mol. The van der Waals surface area contributed by atoms with Crippen molar-refractivity contribution in [3.63, 3.8) is 0 Å². The summed E-state index contributed by atoms with van der Waals surface area (Å²) in [5.74, 6) is 0. The number of rotatable bonds is 11. The van der Waals surface area contributed by atoms with E-state index in [1.165, 1.54) is 41.5 Å². The van der Waals surface area contributed by atoms with Crippen LogP contribution in [0.5, 0.6) is 0 Å². The summed E-state index contributed by atoms with van der Waals surface area (Å²) >= 11 is 0. The highest BCUT2D eigenvalue weighted by molar-refractivity contribution is 5.74. The SMILES string of the molecule is C=C\C=C(C)/C(=C\C)C(=C/C=C(/N)CCC(=C)Nc1cncc(-c2ccc3c(c2)CCC3)c1C)/N=C. The van der Waals surface area contributed by atoms with Gasteiger partial charge < -0.3 is 11.1 Å². The number of pyridine rings is 1. The third-order valence-corrected chi connectivity index (χ3v) is 6.63. The molecule has 2 aromatic rings. The molecule has 4 heteroatoms. The van der Waals surface area contributed by atoms with Crippen molar-refractivity contribution in [2.24, 2.45) is 10.7 Å². The molecule has 0 amide bonds. The van der Waals surface area contributed by atoms with Gasteiger partial charge in [0.25, 0.3) is 0 Å². The number of aryl methyl sites for hydroxylation is 2. The Kier molecular flexibility index (Phi) is 9.40. The molecule has 186 valence electrons. The van der Waals surface area contributed by atoms with E-state index in [9.17, 15) is 0 Å². The number of aromatic nitrogens is 1. The number of nitrogens with one attached hydrogen (secondary N) is 1. The Morgan fingerprint density at radius 2 is 1.92 bits per heavy atom. The first-order valence-electron chi connectivity index (χ1n) is 12.5. The van der Waals surface area contributed by atoms with Gasteiger partial charge in [-0.2, -0.15) is 0 Å². The van der Waals surface area contributed by atoms with Gasteiger partial charge in [0.2, 0.25) is 0 Å². The number of anilines is 1. The van der Waals surface area contributed by atoms with Crippen molar-refractivity contribution in [3.8, 4) is 11.1 Å². The van der Waals surface area contributed by atoms with Gasteiger partial charge in [-0.15, -0.1) is 0 Å². The van der Waals surface area contributed by atoms with Crippen molar-refractivity contribution >= 4 is 12.4 Å². The predicted molar refractivity (Wildman–Crippen MR) is 156 cm³/mol. The molecular weight excluding hydrogens is 440 g/mol. The molecule has 3 rings (SSSR count). The van der Waals surface area contributed by atoms with E-state index in [1.807, 2.05) is 50.5 Å². The first kappa shape index (κ1) is 26.7. The first-order chi connectivity index (χ1) is 17.4. The van der Waals surface area contributed by atoms with Crippen LogP contribution >= 0.6 is 0 Å². The first-order valence-corrected chi connectivity index (χ1v) is 12.5. The fourth-order valence-corrected chi connectivity index (χ4v) is 4.57. The van der Waals surface area contributed by atoms with E-state index in [4.69, 9.17) is 5.73 Å². The van der Waals surface area contributed by atoms with Crippen LogP contribution in [-0.2, 0) is 12.8 Å². The quantitative estimate of drug-likeness (QED) is 0.256. The van der Waals surface area contributed by atoms with Gasteiger partial charge in [-0.1, -0.05) is 49.6 Å². The van der Waals surface area contributed by atoms with Crippen LogP contribution in [0.4, 0.5) is 5.69 Å². The van der Waals surface area contributed by atoms with Crippen molar-refractivity contribution in [2.75, 3.05) is 5.32 Å². The lowest BCUT2D eigenvalue weighted by Crippen LogP contribution is -2.04. The molecule has 0 spiro atoms. The van der Waals surface area contributed by atoms with E-state index in [0.717, 1.165) is 39.5 Å². The summed E-state index contributed by atoms with van der Waals surface area (Å²) in [5, 5.41) is 3.45. The summed E-state index contributed by atoms with van der Waals surface area (Å²) in [6.07, 6.45) is 18.3. The molecule has 1 aromatic heterocycles. The van der Waals surface area contributed by atoms with E-state index in [0.29, 0.717) is 12.8 Å². The molecule has 0 bridgehead atoms. The van der Waals surface area contributed by atoms with Crippen LogP contribution in [0, 0.1) is 6.92 Å². The minimum absolute atomic E-state index is 0.677. The molecule has 0 aliphatic heterocycles. The van der Waals surface area contributed by atoms with Crippen LogP contribution in [0.2, 0.25) is 0 Å². The zero-order chi connectivity index (χ0) is 26.1. The third kappa shape index (κ3) is 6.60. The molecule has 0 saturated carbocycles. The summed E-state index contributed by atoms with van der Waals surface area (Å²) in [7, 11) is 0. The average Bonchev–Trinajstić information content (AvgIpc) is 3.34. The Morgan fingerprint density at radius 1 is 1.14 bits per heavy atom. The van der Waals surface area contributed by atoms with Gasteiger partial charge in [0.15, 0.2) is 0 Å². The molecular formula is C32H38N4. The summed E-state index contributed by atoms with van der Waals surface area (Å²) in [5.41, 5.74) is 18.2. The van der Waals surface area contributed by atoms with Crippen molar-refractivity contribution in [1.29, 1.82) is 0 Å². The number of nitrogens with two attached hydrogens (primary N) is 1. The second-order valence-electron chi connectivity index (χ2n) is 9.16. The highest BCUT2D eigenvalue weighted by Crippen LogP contribution is 2.32. The number of hydrogen-bond acceptors (Lipinski definition) is 4. The lowest BCUT2D eigenvalue weighted by molar-refractivity contribution is 0.912. The fourth-order valence-electron chi connectivity index (χ4n) is 4.57. The zero-order valence-corrected chi connectivity index (χ0v) is 21.9. The summed E-state index contributed by atoms with van der Waals surface area (Å²) in [6.45, 7) is 17.8. The highest BCUT2D eigenvalue weighted by atomic mass is 14.9. The molecule has 0 unspecified atom stereocenters. The van der Waals surface area contributed by atoms with Gasteiger partial charge in [-0.3, -0.25) is 9.98 Å². The number of benzene rings is 1. The van der Waals surface area contributed by atoms with Crippen molar-refractivity contribution < 1.29 is 0 Å². The van der Waals surface area contributed by atoms with Gasteiger partial charge >= 0.3 is 0 Å². The van der Waals surface area contributed by atoms with E-state index in [2.05, 4.69) is 60.3 Å². The van der Waals surface area contributed by atoms with Crippen LogP contribution in [0.15, 0.2) is 107 Å². The van der Waals surface area contributed by atoms with Crippen molar-refractivity contribution in [1.82, 2.24) is 4.98 Å². The maximum atomic E-state index is 6.29. The maximum absolute atomic E-state index is 6.29. The Morgan fingerprint density at radius 3 is 2.64 bits per heavy atom. The van der Waals surface area contributed by atoms with Gasteiger partial charge in [0.1, 0.15) is 0 Å². The Labute approximate surface area is 216 Å². The Bertz CT molecular complexity index is 1270. The Balaban J connectivity index is 1.66. The van der Waals surface area contributed by atoms with Crippen molar-refractivity contribution in [2.45, 2.75) is 52.9 Å². The normalized spacial score (nSPS) is 14.4. The van der Waals surface area contributed by atoms with E-state index >= 15 is 0 Å². The molecule has 1 aliphatic rings. The standard InChI is InChI=1S/C32H38N4/c1-7-10-22(3)29(8-2)31(34-6)18-17-28(33)16-13-23(4)36-32-21-35-20-30(24(32)5)27-15-14-25-11-9-12-26(25)19-27/h7-8,10,14-15,17-21,36H,1,4,6,9,11-13,16,33H2,2-3,5H3/b22-10-,28-17+,29-8+,31-18-. The van der Waals surface area contributed by atoms with Gasteiger partial charge in [-0.25, -0.2) is 0 Å². The van der Waals surface area contributed by atoms with Crippen LogP contribution in [0.25, 0.3) is 11.1 Å². The van der Waals surface area contributed by atoms with Crippen LogP contribution < -0.4 is 11.1 Å². The molecule has 1 aromatic carbocycles. The molecule has 3 N–H and O–H groups in total. The number of fused-ring (bicyclic) bond motifs is 1. The highest BCUT2D eigenvalue weighted by Gasteiger charge is 2.14. The Hall–Kier alpha value is -3.92. The maximum Gasteiger partial charge on any atom is 0.0694 e. The van der Waals surface area contributed by atoms with E-state index in [1.54, 1.807) is 6.08 Å². The van der Waals surface area contributed by atoms with Gasteiger partial charge in [0, 0.05) is 23.2 Å². The number of aliphatic imine (C=N–C) groups is 1. The fraction of sp³-hybridized carbons (Fsp3) is 0.250. The molecule has 0 radical (unpaired) electrons. The lowest BCUT2D eigenvalue weighted by atomic mass is 9.98. The van der Waals surface area contributed by atoms with Crippen LogP contribution in [-0.4, -0.2) is 11.7 Å². The molecule has 4 nitrogen and oxygen atoms in total. The van der Waals surface area contributed by atoms with E-state index in [-0.39, 0.29) is 0 Å². The summed E-state index contributed by atoms with van der Waals surface area (Å²) < 4.78 is 0. The number of allylic oxidation sites excluding steroid dienone is 8. The van der Waals surface area contributed by atoms with Gasteiger partial charge in [0.05, 0.1) is 17.6 Å². The molecule has 0 saturated heterocycles. The van der Waals surface area contributed by atoms with Crippen molar-refractivity contribution in [3.05, 3.63) is 119 Å². The topological polar surface area (TPSA) is 63.3 Å². The zero-order valence-electron chi connectivity index (χ0n) is 21.9. The second kappa shape index (κ2) is 12.7. The second-order valence-corrected chi connectivity index (χ2v) is 9.16. The molecule has 36 heavy (non-hydrogen) atoms. The number of hydrogen-bond donors (Lipinski definition) is 2. The molecule has 1 heterocycles. The third-order valence-electron chi connectivity index (χ3n) is 6.63. The van der Waals surface area contributed by atoms with Crippen LogP contribution in [0.3, 0.4) is 0 Å². The largest absolute Gasteiger partial charge is 0.402 e. The minimum atomic E-state index is 0.677. The average molecular weight is 479 g/mol. The molecule has 0 atom stereocenters. The smallest absolute Gasteiger partial charge is 0.0694 e. The van der Waals surface area contributed by atoms with E-state index < -0.39 is 0 Å². The number of nitrogens with zero attached hydrogens (tertiary/aromatic N) is 2. The lowest BCUT2D eigenvalue weighted by Gasteiger charge is -2.15. The minimum Gasteiger partial charge on any atom is -0.402 e. The molecule has 1 aliphatic carbocycles. The molecule has 0 fully saturated rings. The van der Waals surface area contributed by atoms with Gasteiger partial charge in [-0.05, 0) is 105 Å². The summed E-state index contributed by atoms with van der Waals surface area (Å²) in [4.78, 5) is 8.67.